The first kappa shape index (κ1) is 18.1. The Morgan fingerprint density at radius 1 is 1.14 bits per heavy atom. The van der Waals surface area contributed by atoms with E-state index in [1.165, 1.54) is 0 Å². The summed E-state index contributed by atoms with van der Waals surface area (Å²) in [5.41, 5.74) is 0.324. The van der Waals surface area contributed by atoms with E-state index in [0.717, 1.165) is 0 Å². The molecular formula is C13H15Cl2F3N2O. The standard InChI is InChI=1S/C13H15Cl2F3N2O/c14-9-4-3-5-10(15)12(9)20-11(21)8-19-7-2-1-6-13(16,17)18/h3-5,19H,1-2,6-8H2,(H,20,21). The minimum absolute atomic E-state index is 0.0203. The van der Waals surface area contributed by atoms with Gasteiger partial charge in [0.25, 0.3) is 0 Å². The van der Waals surface area contributed by atoms with Crippen LogP contribution in [0.2, 0.25) is 10.0 Å². The lowest BCUT2D eigenvalue weighted by molar-refractivity contribution is -0.135. The molecule has 0 saturated carbocycles. The van der Waals surface area contributed by atoms with Crippen LogP contribution in [0.1, 0.15) is 19.3 Å². The van der Waals surface area contributed by atoms with Gasteiger partial charge in [0.05, 0.1) is 22.3 Å². The maximum atomic E-state index is 11.9. The summed E-state index contributed by atoms with van der Waals surface area (Å²) in [6.45, 7) is 0.313. The van der Waals surface area contributed by atoms with Crippen molar-refractivity contribution in [3.8, 4) is 0 Å². The summed E-state index contributed by atoms with van der Waals surface area (Å²) < 4.78 is 35.7. The van der Waals surface area contributed by atoms with E-state index < -0.39 is 12.6 Å². The molecule has 0 bridgehead atoms. The molecule has 0 aliphatic heterocycles. The van der Waals surface area contributed by atoms with Gasteiger partial charge in [0, 0.05) is 6.42 Å². The quantitative estimate of drug-likeness (QED) is 0.727. The molecule has 0 aromatic heterocycles. The lowest BCUT2D eigenvalue weighted by Crippen LogP contribution is -2.29. The highest BCUT2D eigenvalue weighted by molar-refractivity contribution is 6.39. The van der Waals surface area contributed by atoms with Crippen molar-refractivity contribution in [1.29, 1.82) is 0 Å². The summed E-state index contributed by atoms with van der Waals surface area (Å²) in [6.07, 6.45) is -4.55. The average Bonchev–Trinajstić information content (AvgIpc) is 2.37. The number of para-hydroxylation sites is 1. The van der Waals surface area contributed by atoms with Gasteiger partial charge in [-0.3, -0.25) is 4.79 Å². The number of hydrogen-bond donors (Lipinski definition) is 2. The van der Waals surface area contributed by atoms with Gasteiger partial charge < -0.3 is 10.6 Å². The number of hydrogen-bond acceptors (Lipinski definition) is 2. The highest BCUT2D eigenvalue weighted by atomic mass is 35.5. The molecule has 3 nitrogen and oxygen atoms in total. The van der Waals surface area contributed by atoms with Crippen molar-refractivity contribution >= 4 is 34.8 Å². The van der Waals surface area contributed by atoms with Gasteiger partial charge in [0.15, 0.2) is 0 Å². The average molecular weight is 343 g/mol. The molecule has 1 rings (SSSR count). The van der Waals surface area contributed by atoms with Crippen LogP contribution in [0.15, 0.2) is 18.2 Å². The van der Waals surface area contributed by atoms with Crippen molar-refractivity contribution in [2.45, 2.75) is 25.4 Å². The first-order valence-electron chi connectivity index (χ1n) is 6.31. The number of benzene rings is 1. The number of rotatable bonds is 7. The minimum Gasteiger partial charge on any atom is -0.322 e. The SMILES string of the molecule is O=C(CNCCCCC(F)(F)F)Nc1c(Cl)cccc1Cl. The van der Waals surface area contributed by atoms with Gasteiger partial charge in [-0.05, 0) is 31.5 Å². The topological polar surface area (TPSA) is 41.1 Å². The van der Waals surface area contributed by atoms with Crippen molar-refractivity contribution in [1.82, 2.24) is 5.32 Å². The van der Waals surface area contributed by atoms with Crippen LogP contribution in [0.3, 0.4) is 0 Å². The van der Waals surface area contributed by atoms with Crippen LogP contribution in [0, 0.1) is 0 Å². The molecule has 21 heavy (non-hydrogen) atoms. The molecule has 2 N–H and O–H groups in total. The molecular weight excluding hydrogens is 328 g/mol. The zero-order valence-electron chi connectivity index (χ0n) is 11.1. The summed E-state index contributed by atoms with van der Waals surface area (Å²) in [7, 11) is 0. The maximum Gasteiger partial charge on any atom is 0.389 e. The first-order chi connectivity index (χ1) is 9.79. The highest BCUT2D eigenvalue weighted by Crippen LogP contribution is 2.29. The molecule has 0 aliphatic rings. The lowest BCUT2D eigenvalue weighted by Gasteiger charge is -2.10. The summed E-state index contributed by atoms with van der Waals surface area (Å²) in [4.78, 5) is 11.6. The zero-order valence-corrected chi connectivity index (χ0v) is 12.6. The van der Waals surface area contributed by atoms with E-state index in [4.69, 9.17) is 23.2 Å². The van der Waals surface area contributed by atoms with E-state index in [1.807, 2.05) is 0 Å². The monoisotopic (exact) mass is 342 g/mol. The summed E-state index contributed by atoms with van der Waals surface area (Å²) >= 11 is 11.8. The molecule has 1 aromatic rings. The third-order valence-electron chi connectivity index (χ3n) is 2.58. The molecule has 0 radical (unpaired) electrons. The third-order valence-corrected chi connectivity index (χ3v) is 3.21. The number of carbonyl (C=O) groups excluding carboxylic acids is 1. The number of nitrogens with one attached hydrogen (secondary N) is 2. The minimum atomic E-state index is -4.13. The Kier molecular flexibility index (Phi) is 7.28. The number of alkyl halides is 3. The summed E-state index contributed by atoms with van der Waals surface area (Å²) in [5, 5.41) is 5.95. The van der Waals surface area contributed by atoms with Crippen LogP contribution in [-0.2, 0) is 4.79 Å². The molecule has 0 unspecified atom stereocenters. The second-order valence-corrected chi connectivity index (χ2v) is 5.21. The van der Waals surface area contributed by atoms with Crippen LogP contribution in [0.4, 0.5) is 18.9 Å². The summed E-state index contributed by atoms with van der Waals surface area (Å²) in [5.74, 6) is -0.360. The molecule has 118 valence electrons. The van der Waals surface area contributed by atoms with E-state index in [9.17, 15) is 18.0 Å². The van der Waals surface area contributed by atoms with Crippen molar-refractivity contribution in [2.24, 2.45) is 0 Å². The van der Waals surface area contributed by atoms with Gasteiger partial charge in [0.1, 0.15) is 0 Å². The van der Waals surface area contributed by atoms with Gasteiger partial charge >= 0.3 is 6.18 Å². The molecule has 0 atom stereocenters. The Bertz CT molecular complexity index is 461. The number of amides is 1. The van der Waals surface area contributed by atoms with Gasteiger partial charge in [-0.25, -0.2) is 0 Å². The van der Waals surface area contributed by atoms with Crippen LogP contribution >= 0.6 is 23.2 Å². The molecule has 1 aromatic carbocycles. The molecule has 0 spiro atoms. The smallest absolute Gasteiger partial charge is 0.322 e. The predicted molar refractivity (Wildman–Crippen MR) is 77.9 cm³/mol. The Balaban J connectivity index is 2.23. The molecule has 0 heterocycles. The lowest BCUT2D eigenvalue weighted by atomic mass is 10.2. The van der Waals surface area contributed by atoms with Crippen LogP contribution in [0.25, 0.3) is 0 Å². The van der Waals surface area contributed by atoms with Crippen molar-refractivity contribution in [3.05, 3.63) is 28.2 Å². The zero-order chi connectivity index (χ0) is 15.9. The van der Waals surface area contributed by atoms with E-state index in [-0.39, 0.29) is 18.9 Å². The van der Waals surface area contributed by atoms with Gasteiger partial charge in [-0.15, -0.1) is 0 Å². The fraction of sp³-hybridized carbons (Fsp3) is 0.462. The largest absolute Gasteiger partial charge is 0.389 e. The highest BCUT2D eigenvalue weighted by Gasteiger charge is 2.25. The number of halogens is 5. The third kappa shape index (κ3) is 7.55. The van der Waals surface area contributed by atoms with E-state index in [2.05, 4.69) is 10.6 Å². The molecule has 0 aliphatic carbocycles. The fourth-order valence-corrected chi connectivity index (χ4v) is 2.07. The van der Waals surface area contributed by atoms with Crippen LogP contribution in [-0.4, -0.2) is 25.2 Å². The van der Waals surface area contributed by atoms with Crippen LogP contribution in [0.5, 0.6) is 0 Å². The van der Waals surface area contributed by atoms with E-state index >= 15 is 0 Å². The second-order valence-electron chi connectivity index (χ2n) is 4.39. The van der Waals surface area contributed by atoms with E-state index in [0.29, 0.717) is 28.7 Å². The molecule has 8 heteroatoms. The Morgan fingerprint density at radius 3 is 2.33 bits per heavy atom. The summed E-state index contributed by atoms with van der Waals surface area (Å²) in [6, 6.07) is 4.83. The van der Waals surface area contributed by atoms with Crippen molar-refractivity contribution < 1.29 is 18.0 Å². The Labute approximate surface area is 130 Å². The maximum absolute atomic E-state index is 11.9. The molecule has 0 saturated heterocycles. The van der Waals surface area contributed by atoms with Crippen molar-refractivity contribution in [2.75, 3.05) is 18.4 Å². The number of unbranched alkanes of at least 4 members (excludes halogenated alkanes) is 1. The first-order valence-corrected chi connectivity index (χ1v) is 7.06. The van der Waals surface area contributed by atoms with Gasteiger partial charge in [-0.1, -0.05) is 29.3 Å². The van der Waals surface area contributed by atoms with Crippen molar-refractivity contribution in [3.63, 3.8) is 0 Å². The van der Waals surface area contributed by atoms with Gasteiger partial charge in [0.2, 0.25) is 5.91 Å². The molecule has 1 amide bonds. The Morgan fingerprint density at radius 2 is 1.76 bits per heavy atom. The normalized spacial score (nSPS) is 11.5. The van der Waals surface area contributed by atoms with Crippen LogP contribution < -0.4 is 10.6 Å². The number of anilines is 1. The number of carbonyl (C=O) groups is 1. The molecule has 0 fully saturated rings. The van der Waals surface area contributed by atoms with Gasteiger partial charge in [-0.2, -0.15) is 13.2 Å². The van der Waals surface area contributed by atoms with E-state index in [1.54, 1.807) is 18.2 Å². The predicted octanol–water partition coefficient (Wildman–Crippen LogP) is 4.25. The second kappa shape index (κ2) is 8.46. The Hall–Kier alpha value is -0.980. The fourth-order valence-electron chi connectivity index (χ4n) is 1.58.